The maximum atomic E-state index is 12.3. The fourth-order valence-corrected chi connectivity index (χ4v) is 1.66. The molecule has 0 saturated heterocycles. The molecule has 0 unspecified atom stereocenters. The van der Waals surface area contributed by atoms with Crippen LogP contribution in [0.1, 0.15) is 17.1 Å². The van der Waals surface area contributed by atoms with Gasteiger partial charge in [-0.1, -0.05) is 0 Å². The highest BCUT2D eigenvalue weighted by Crippen LogP contribution is 2.25. The Hall–Kier alpha value is -1.41. The summed E-state index contributed by atoms with van der Waals surface area (Å²) in [5, 5.41) is 0. The summed E-state index contributed by atoms with van der Waals surface area (Å²) in [5.41, 5.74) is 3.48. The summed E-state index contributed by atoms with van der Waals surface area (Å²) in [6.45, 7) is 0.709. The van der Waals surface area contributed by atoms with Crippen molar-refractivity contribution in [2.45, 2.75) is 25.6 Å². The van der Waals surface area contributed by atoms with E-state index in [0.29, 0.717) is 24.3 Å². The Morgan fingerprint density at radius 2 is 2.12 bits per heavy atom. The molecule has 0 spiro atoms. The van der Waals surface area contributed by atoms with E-state index in [0.717, 1.165) is 0 Å². The average molecular weight is 248 g/mol. The number of alkyl halides is 3. The predicted octanol–water partition coefficient (Wildman–Crippen LogP) is 0.940. The van der Waals surface area contributed by atoms with Crippen molar-refractivity contribution in [1.82, 2.24) is 9.97 Å². The summed E-state index contributed by atoms with van der Waals surface area (Å²) >= 11 is 0. The SMILES string of the molecule is NNc1nc(CC(F)(F)F)nc2c1COCC2. The van der Waals surface area contributed by atoms with Crippen LogP contribution in [-0.2, 0) is 24.2 Å². The maximum absolute atomic E-state index is 12.3. The van der Waals surface area contributed by atoms with Crippen molar-refractivity contribution < 1.29 is 17.9 Å². The standard InChI is InChI=1S/C9H11F3N4O/c10-9(11,12)3-7-14-6-1-2-17-4-5(6)8(15-7)16-13/h1-4,13H2,(H,14,15,16). The first-order valence-electron chi connectivity index (χ1n) is 4.99. The smallest absolute Gasteiger partial charge is 0.376 e. The van der Waals surface area contributed by atoms with Crippen LogP contribution in [0.2, 0.25) is 0 Å². The first-order valence-corrected chi connectivity index (χ1v) is 4.99. The topological polar surface area (TPSA) is 73.1 Å². The number of halogens is 3. The van der Waals surface area contributed by atoms with Gasteiger partial charge in [0.2, 0.25) is 0 Å². The van der Waals surface area contributed by atoms with Gasteiger partial charge in [-0.25, -0.2) is 15.8 Å². The summed E-state index contributed by atoms with van der Waals surface area (Å²) in [4.78, 5) is 7.64. The highest BCUT2D eigenvalue weighted by Gasteiger charge is 2.30. The van der Waals surface area contributed by atoms with Crippen molar-refractivity contribution in [3.8, 4) is 0 Å². The van der Waals surface area contributed by atoms with Gasteiger partial charge in [0.1, 0.15) is 18.1 Å². The molecule has 1 aromatic rings. The third kappa shape index (κ3) is 2.83. The van der Waals surface area contributed by atoms with E-state index in [4.69, 9.17) is 10.6 Å². The summed E-state index contributed by atoms with van der Waals surface area (Å²) < 4.78 is 41.9. The molecule has 3 N–H and O–H groups in total. The number of nitrogens with zero attached hydrogens (tertiary/aromatic N) is 2. The molecule has 0 aromatic carbocycles. The second-order valence-electron chi connectivity index (χ2n) is 3.65. The van der Waals surface area contributed by atoms with Gasteiger partial charge in [-0.05, 0) is 0 Å². The Bertz CT molecular complexity index is 404. The number of fused-ring (bicyclic) bond motifs is 1. The molecular formula is C9H11F3N4O. The van der Waals surface area contributed by atoms with Gasteiger partial charge < -0.3 is 10.2 Å². The number of ether oxygens (including phenoxy) is 1. The maximum Gasteiger partial charge on any atom is 0.396 e. The number of hydrogen-bond acceptors (Lipinski definition) is 5. The zero-order valence-electron chi connectivity index (χ0n) is 8.84. The number of anilines is 1. The van der Waals surface area contributed by atoms with E-state index >= 15 is 0 Å². The molecule has 0 amide bonds. The van der Waals surface area contributed by atoms with E-state index < -0.39 is 12.6 Å². The van der Waals surface area contributed by atoms with Crippen molar-refractivity contribution in [3.05, 3.63) is 17.1 Å². The lowest BCUT2D eigenvalue weighted by Crippen LogP contribution is -2.22. The molecule has 94 valence electrons. The molecular weight excluding hydrogens is 237 g/mol. The average Bonchev–Trinajstić information content (AvgIpc) is 2.25. The van der Waals surface area contributed by atoms with E-state index in [1.807, 2.05) is 0 Å². The lowest BCUT2D eigenvalue weighted by Gasteiger charge is -2.19. The molecule has 0 saturated carbocycles. The number of nitrogens with one attached hydrogen (secondary N) is 1. The molecule has 2 heterocycles. The Labute approximate surface area is 95.2 Å². The minimum absolute atomic E-state index is 0.203. The van der Waals surface area contributed by atoms with Crippen LogP contribution < -0.4 is 11.3 Å². The minimum atomic E-state index is -4.33. The molecule has 0 atom stereocenters. The lowest BCUT2D eigenvalue weighted by atomic mass is 10.1. The van der Waals surface area contributed by atoms with Crippen LogP contribution in [0, 0.1) is 0 Å². The van der Waals surface area contributed by atoms with Gasteiger partial charge >= 0.3 is 6.18 Å². The molecule has 0 bridgehead atoms. The highest BCUT2D eigenvalue weighted by atomic mass is 19.4. The van der Waals surface area contributed by atoms with Gasteiger partial charge in [0.05, 0.1) is 18.9 Å². The number of hydrogen-bond donors (Lipinski definition) is 2. The predicted molar refractivity (Wildman–Crippen MR) is 53.0 cm³/mol. The summed E-state index contributed by atoms with van der Waals surface area (Å²) in [6, 6.07) is 0. The van der Waals surface area contributed by atoms with Crippen molar-refractivity contribution in [1.29, 1.82) is 0 Å². The van der Waals surface area contributed by atoms with Crippen LogP contribution in [-0.4, -0.2) is 22.8 Å². The third-order valence-electron chi connectivity index (χ3n) is 2.36. The van der Waals surface area contributed by atoms with Crippen LogP contribution in [0.5, 0.6) is 0 Å². The lowest BCUT2D eigenvalue weighted by molar-refractivity contribution is -0.128. The minimum Gasteiger partial charge on any atom is -0.376 e. The monoisotopic (exact) mass is 248 g/mol. The molecule has 0 fully saturated rings. The Morgan fingerprint density at radius 1 is 1.35 bits per heavy atom. The fraction of sp³-hybridized carbons (Fsp3) is 0.556. The molecule has 8 heteroatoms. The van der Waals surface area contributed by atoms with Crippen molar-refractivity contribution in [2.75, 3.05) is 12.0 Å². The molecule has 1 aliphatic heterocycles. The van der Waals surface area contributed by atoms with Crippen LogP contribution in [0.25, 0.3) is 0 Å². The van der Waals surface area contributed by atoms with E-state index in [2.05, 4.69) is 15.4 Å². The molecule has 1 aromatic heterocycles. The number of nitrogens with two attached hydrogens (primary N) is 1. The zero-order chi connectivity index (χ0) is 12.5. The number of nitrogen functional groups attached to an aromatic ring is 1. The van der Waals surface area contributed by atoms with Crippen LogP contribution in [0.15, 0.2) is 0 Å². The van der Waals surface area contributed by atoms with Gasteiger partial charge in [0, 0.05) is 12.0 Å². The van der Waals surface area contributed by atoms with Gasteiger partial charge in [0.15, 0.2) is 0 Å². The van der Waals surface area contributed by atoms with Crippen molar-refractivity contribution in [3.63, 3.8) is 0 Å². The molecule has 0 aliphatic carbocycles. The number of hydrazine groups is 1. The molecule has 0 radical (unpaired) electrons. The van der Waals surface area contributed by atoms with E-state index in [1.165, 1.54) is 0 Å². The van der Waals surface area contributed by atoms with Crippen molar-refractivity contribution in [2.24, 2.45) is 5.84 Å². The Balaban J connectivity index is 2.36. The number of rotatable bonds is 2. The zero-order valence-corrected chi connectivity index (χ0v) is 8.84. The summed E-state index contributed by atoms with van der Waals surface area (Å²) in [7, 11) is 0. The Kier molecular flexibility index (Phi) is 3.16. The Morgan fingerprint density at radius 3 is 2.76 bits per heavy atom. The first kappa shape index (κ1) is 12.1. The van der Waals surface area contributed by atoms with Crippen LogP contribution in [0.3, 0.4) is 0 Å². The quantitative estimate of drug-likeness (QED) is 0.602. The molecule has 1 aliphatic rings. The third-order valence-corrected chi connectivity index (χ3v) is 2.36. The van der Waals surface area contributed by atoms with E-state index in [1.54, 1.807) is 0 Å². The summed E-state index contributed by atoms with van der Waals surface area (Å²) in [5.74, 6) is 5.16. The highest BCUT2D eigenvalue weighted by molar-refractivity contribution is 5.46. The second kappa shape index (κ2) is 4.46. The van der Waals surface area contributed by atoms with E-state index in [-0.39, 0.29) is 18.2 Å². The molecule has 17 heavy (non-hydrogen) atoms. The molecule has 2 rings (SSSR count). The fourth-order valence-electron chi connectivity index (χ4n) is 1.66. The van der Waals surface area contributed by atoms with Gasteiger partial charge in [-0.2, -0.15) is 13.2 Å². The second-order valence-corrected chi connectivity index (χ2v) is 3.65. The van der Waals surface area contributed by atoms with Crippen LogP contribution >= 0.6 is 0 Å². The van der Waals surface area contributed by atoms with E-state index in [9.17, 15) is 13.2 Å². The normalized spacial score (nSPS) is 15.5. The number of aromatic nitrogens is 2. The van der Waals surface area contributed by atoms with Gasteiger partial charge in [0.25, 0.3) is 0 Å². The van der Waals surface area contributed by atoms with Gasteiger partial charge in [-0.3, -0.25) is 0 Å². The van der Waals surface area contributed by atoms with Gasteiger partial charge in [-0.15, -0.1) is 0 Å². The first-order chi connectivity index (χ1) is 7.99. The largest absolute Gasteiger partial charge is 0.396 e. The summed E-state index contributed by atoms with van der Waals surface area (Å²) in [6.07, 6.45) is -5.02. The molecule has 5 nitrogen and oxygen atoms in total. The van der Waals surface area contributed by atoms with Crippen molar-refractivity contribution >= 4 is 5.82 Å². The van der Waals surface area contributed by atoms with Crippen LogP contribution in [0.4, 0.5) is 19.0 Å².